The molecule has 0 unspecified atom stereocenters. The minimum atomic E-state index is -0.470. The summed E-state index contributed by atoms with van der Waals surface area (Å²) < 4.78 is 1.37. The van der Waals surface area contributed by atoms with Crippen molar-refractivity contribution >= 4 is 18.0 Å². The number of aryl methyl sites for hydroxylation is 2. The predicted molar refractivity (Wildman–Crippen MR) is 83.1 cm³/mol. The second-order valence-corrected chi connectivity index (χ2v) is 5.14. The number of rotatable bonds is 6. The summed E-state index contributed by atoms with van der Waals surface area (Å²) in [4.78, 5) is 37.3. The van der Waals surface area contributed by atoms with Gasteiger partial charge in [0, 0.05) is 19.3 Å². The summed E-state index contributed by atoms with van der Waals surface area (Å²) in [5.41, 5.74) is 1.08. The molecule has 3 amide bonds. The van der Waals surface area contributed by atoms with E-state index in [1.54, 1.807) is 13.1 Å². The van der Waals surface area contributed by atoms with Gasteiger partial charge in [-0.2, -0.15) is 0 Å². The molecule has 1 aromatic heterocycles. The maximum Gasteiger partial charge on any atom is 0.329 e. The Morgan fingerprint density at radius 3 is 2.64 bits per heavy atom. The van der Waals surface area contributed by atoms with Crippen LogP contribution in [0.15, 0.2) is 23.1 Å². The van der Waals surface area contributed by atoms with Crippen molar-refractivity contribution in [2.24, 2.45) is 7.05 Å². The smallest absolute Gasteiger partial charge is 0.303 e. The van der Waals surface area contributed by atoms with Crippen LogP contribution in [0.2, 0.25) is 0 Å². The Kier molecular flexibility index (Phi) is 4.65. The lowest BCUT2D eigenvalue weighted by Gasteiger charge is -2.08. The molecule has 7 heteroatoms. The number of aromatic amines is 1. The zero-order valence-corrected chi connectivity index (χ0v) is 12.8. The lowest BCUT2D eigenvalue weighted by molar-refractivity contribution is -0.122. The van der Waals surface area contributed by atoms with Gasteiger partial charge in [-0.25, -0.2) is 4.79 Å². The van der Waals surface area contributed by atoms with Gasteiger partial charge in [-0.1, -0.05) is 19.4 Å². The van der Waals surface area contributed by atoms with Crippen LogP contribution in [-0.4, -0.2) is 33.2 Å². The first-order valence-electron chi connectivity index (χ1n) is 7.22. The van der Waals surface area contributed by atoms with Crippen LogP contribution in [0.25, 0.3) is 6.08 Å². The molecule has 7 nitrogen and oxygen atoms in total. The van der Waals surface area contributed by atoms with Gasteiger partial charge in [0.25, 0.3) is 11.5 Å². The molecule has 1 aliphatic heterocycles. The van der Waals surface area contributed by atoms with Gasteiger partial charge in [0.05, 0.1) is 5.56 Å². The number of amides is 3. The monoisotopic (exact) mass is 304 g/mol. The minimum Gasteiger partial charge on any atom is -0.303 e. The van der Waals surface area contributed by atoms with E-state index in [0.717, 1.165) is 17.0 Å². The first-order valence-corrected chi connectivity index (χ1v) is 7.22. The van der Waals surface area contributed by atoms with Gasteiger partial charge in [-0.05, 0) is 18.9 Å². The Morgan fingerprint density at radius 1 is 1.27 bits per heavy atom. The Labute approximate surface area is 128 Å². The number of nitrogens with zero attached hydrogens (tertiary/aromatic N) is 2. The fourth-order valence-electron chi connectivity index (χ4n) is 2.35. The predicted octanol–water partition coefficient (Wildman–Crippen LogP) is 1.13. The summed E-state index contributed by atoms with van der Waals surface area (Å²) >= 11 is 0. The van der Waals surface area contributed by atoms with Crippen LogP contribution in [0.1, 0.15) is 31.0 Å². The molecule has 0 atom stereocenters. The van der Waals surface area contributed by atoms with Crippen molar-refractivity contribution < 1.29 is 9.59 Å². The van der Waals surface area contributed by atoms with Gasteiger partial charge in [0.2, 0.25) is 0 Å². The van der Waals surface area contributed by atoms with Crippen molar-refractivity contribution in [2.45, 2.75) is 26.2 Å². The van der Waals surface area contributed by atoms with E-state index in [4.69, 9.17) is 0 Å². The first kappa shape index (κ1) is 15.8. The van der Waals surface area contributed by atoms with Gasteiger partial charge in [0.15, 0.2) is 0 Å². The third-order valence-corrected chi connectivity index (χ3v) is 3.47. The zero-order chi connectivity index (χ0) is 16.3. The van der Waals surface area contributed by atoms with E-state index in [2.05, 4.69) is 17.0 Å². The van der Waals surface area contributed by atoms with Crippen LogP contribution in [0, 0.1) is 0 Å². The molecule has 1 saturated heterocycles. The highest BCUT2D eigenvalue weighted by molar-refractivity contribution is 6.14. The van der Waals surface area contributed by atoms with Crippen molar-refractivity contribution in [3.8, 4) is 0 Å². The molecule has 0 bridgehead atoms. The molecule has 2 rings (SSSR count). The molecule has 0 radical (unpaired) electrons. The SMILES string of the molecule is C=CCCN1C(=O)N/C(=C\c2c(CCC)[nH]n(C)c2=O)C1=O. The third kappa shape index (κ3) is 2.88. The van der Waals surface area contributed by atoms with E-state index in [-0.39, 0.29) is 17.8 Å². The fourth-order valence-corrected chi connectivity index (χ4v) is 2.35. The molecule has 22 heavy (non-hydrogen) atoms. The summed E-state index contributed by atoms with van der Waals surface area (Å²) in [6.45, 7) is 5.85. The van der Waals surface area contributed by atoms with Gasteiger partial charge in [-0.3, -0.25) is 24.3 Å². The van der Waals surface area contributed by atoms with Crippen molar-refractivity contribution in [3.63, 3.8) is 0 Å². The number of hydrogen-bond acceptors (Lipinski definition) is 3. The number of H-pyrrole nitrogens is 1. The molecular weight excluding hydrogens is 284 g/mol. The van der Waals surface area contributed by atoms with Crippen LogP contribution < -0.4 is 10.9 Å². The highest BCUT2D eigenvalue weighted by Gasteiger charge is 2.33. The van der Waals surface area contributed by atoms with Crippen molar-refractivity contribution in [1.82, 2.24) is 20.0 Å². The Balaban J connectivity index is 2.34. The second kappa shape index (κ2) is 6.46. The zero-order valence-electron chi connectivity index (χ0n) is 12.8. The van der Waals surface area contributed by atoms with E-state index >= 15 is 0 Å². The normalized spacial score (nSPS) is 16.5. The average molecular weight is 304 g/mol. The molecule has 2 N–H and O–H groups in total. The van der Waals surface area contributed by atoms with Crippen LogP contribution in [0.3, 0.4) is 0 Å². The van der Waals surface area contributed by atoms with Crippen molar-refractivity contribution in [3.05, 3.63) is 40.0 Å². The van der Waals surface area contributed by atoms with E-state index < -0.39 is 11.9 Å². The lowest BCUT2D eigenvalue weighted by Crippen LogP contribution is -2.31. The molecule has 1 fully saturated rings. The first-order chi connectivity index (χ1) is 10.5. The highest BCUT2D eigenvalue weighted by Crippen LogP contribution is 2.15. The van der Waals surface area contributed by atoms with E-state index in [1.807, 2.05) is 6.92 Å². The van der Waals surface area contributed by atoms with Gasteiger partial charge in [0.1, 0.15) is 5.70 Å². The summed E-state index contributed by atoms with van der Waals surface area (Å²) in [5, 5.41) is 5.49. The van der Waals surface area contributed by atoms with Crippen LogP contribution in [0.5, 0.6) is 0 Å². The molecule has 0 spiro atoms. The number of aromatic nitrogens is 2. The summed E-state index contributed by atoms with van der Waals surface area (Å²) in [7, 11) is 1.62. The summed E-state index contributed by atoms with van der Waals surface area (Å²) in [6, 6.07) is -0.470. The van der Waals surface area contributed by atoms with Crippen LogP contribution in [0.4, 0.5) is 4.79 Å². The standard InChI is InChI=1S/C15H20N4O3/c1-4-6-8-19-14(21)12(16-15(19)22)9-10-11(7-5-2)17-18(3)13(10)20/h4,9,17H,1,5-8H2,2-3H3,(H,16,22)/b12-9-. The molecule has 0 aliphatic carbocycles. The number of urea groups is 1. The largest absolute Gasteiger partial charge is 0.329 e. The molecule has 1 aromatic rings. The topological polar surface area (TPSA) is 87.2 Å². The Bertz CT molecular complexity index is 696. The fraction of sp³-hybridized carbons (Fsp3) is 0.400. The molecule has 0 aromatic carbocycles. The molecule has 2 heterocycles. The van der Waals surface area contributed by atoms with Crippen LogP contribution >= 0.6 is 0 Å². The highest BCUT2D eigenvalue weighted by atomic mass is 16.2. The van der Waals surface area contributed by atoms with Crippen molar-refractivity contribution in [2.75, 3.05) is 6.54 Å². The summed E-state index contributed by atoms with van der Waals surface area (Å²) in [5.74, 6) is -0.419. The van der Waals surface area contributed by atoms with Gasteiger partial charge >= 0.3 is 6.03 Å². The maximum atomic E-state index is 12.2. The van der Waals surface area contributed by atoms with E-state index in [9.17, 15) is 14.4 Å². The quantitative estimate of drug-likeness (QED) is 0.469. The van der Waals surface area contributed by atoms with E-state index in [1.165, 1.54) is 10.8 Å². The number of hydrogen-bond donors (Lipinski definition) is 2. The van der Waals surface area contributed by atoms with Gasteiger partial charge < -0.3 is 5.32 Å². The second-order valence-electron chi connectivity index (χ2n) is 5.14. The Hall–Kier alpha value is -2.57. The molecule has 118 valence electrons. The van der Waals surface area contributed by atoms with Crippen molar-refractivity contribution in [1.29, 1.82) is 0 Å². The molecular formula is C15H20N4O3. The summed E-state index contributed by atoms with van der Waals surface area (Å²) in [6.07, 6.45) is 5.18. The average Bonchev–Trinajstić information content (AvgIpc) is 2.89. The van der Waals surface area contributed by atoms with Gasteiger partial charge in [-0.15, -0.1) is 6.58 Å². The number of nitrogens with one attached hydrogen (secondary N) is 2. The third-order valence-electron chi connectivity index (χ3n) is 3.47. The van der Waals surface area contributed by atoms with Crippen LogP contribution in [-0.2, 0) is 18.3 Å². The number of imide groups is 1. The Morgan fingerprint density at radius 2 is 2.00 bits per heavy atom. The minimum absolute atomic E-state index is 0.128. The molecule has 0 saturated carbocycles. The number of carbonyl (C=O) groups is 2. The molecule has 1 aliphatic rings. The maximum absolute atomic E-state index is 12.2. The van der Waals surface area contributed by atoms with E-state index in [0.29, 0.717) is 18.4 Å². The number of carbonyl (C=O) groups excluding carboxylic acids is 2. The lowest BCUT2D eigenvalue weighted by atomic mass is 10.1.